The van der Waals surface area contributed by atoms with E-state index in [1.165, 1.54) is 12.1 Å². The van der Waals surface area contributed by atoms with E-state index in [9.17, 15) is 19.7 Å². The summed E-state index contributed by atoms with van der Waals surface area (Å²) in [7, 11) is 0. The SMILES string of the molecule is CC1CCN(c2ccc(NC(=O)c3ccc(Cl)c([N+](=O)[O-])c3)cc2C(=O)NC2CC2)CC1. The first-order valence-corrected chi connectivity index (χ1v) is 11.1. The van der Waals surface area contributed by atoms with Crippen molar-refractivity contribution in [1.29, 1.82) is 0 Å². The minimum atomic E-state index is -0.631. The molecule has 1 saturated heterocycles. The molecule has 1 heterocycles. The summed E-state index contributed by atoms with van der Waals surface area (Å²) in [6.07, 6.45) is 4.09. The van der Waals surface area contributed by atoms with Crippen LogP contribution in [0.5, 0.6) is 0 Å². The van der Waals surface area contributed by atoms with Crippen molar-refractivity contribution < 1.29 is 14.5 Å². The second-order valence-corrected chi connectivity index (χ2v) is 8.93. The highest BCUT2D eigenvalue weighted by atomic mass is 35.5. The standard InChI is InChI=1S/C23H25ClN4O4/c1-14-8-10-27(11-9-14)20-7-5-17(13-18(20)23(30)25-16-3-4-16)26-22(29)15-2-6-19(24)21(12-15)28(31)32/h2,5-7,12-14,16H,3-4,8-11H2,1H3,(H,25,30)(H,26,29). The number of benzene rings is 2. The van der Waals surface area contributed by atoms with Crippen molar-refractivity contribution in [2.24, 2.45) is 5.92 Å². The lowest BCUT2D eigenvalue weighted by atomic mass is 9.97. The Bertz CT molecular complexity index is 1060. The topological polar surface area (TPSA) is 105 Å². The van der Waals surface area contributed by atoms with Gasteiger partial charge < -0.3 is 15.5 Å². The zero-order valence-corrected chi connectivity index (χ0v) is 18.5. The summed E-state index contributed by atoms with van der Waals surface area (Å²) in [5, 5.41) is 16.9. The Morgan fingerprint density at radius 2 is 1.78 bits per heavy atom. The summed E-state index contributed by atoms with van der Waals surface area (Å²) >= 11 is 5.84. The highest BCUT2D eigenvalue weighted by molar-refractivity contribution is 6.32. The molecule has 2 aromatic rings. The maximum absolute atomic E-state index is 12.9. The van der Waals surface area contributed by atoms with Gasteiger partial charge in [-0.15, -0.1) is 0 Å². The first kappa shape index (κ1) is 22.1. The molecule has 0 unspecified atom stereocenters. The molecule has 0 bridgehead atoms. The van der Waals surface area contributed by atoms with E-state index in [4.69, 9.17) is 11.6 Å². The monoisotopic (exact) mass is 456 g/mol. The molecule has 2 N–H and O–H groups in total. The predicted molar refractivity (Wildman–Crippen MR) is 124 cm³/mol. The maximum Gasteiger partial charge on any atom is 0.288 e. The molecule has 8 nitrogen and oxygen atoms in total. The Hall–Kier alpha value is -3.13. The molecule has 2 fully saturated rings. The van der Waals surface area contributed by atoms with E-state index in [0.717, 1.165) is 50.5 Å². The summed E-state index contributed by atoms with van der Waals surface area (Å²) in [4.78, 5) is 38.4. The molecule has 2 aromatic carbocycles. The molecule has 1 aliphatic heterocycles. The van der Waals surface area contributed by atoms with Crippen molar-refractivity contribution in [3.63, 3.8) is 0 Å². The van der Waals surface area contributed by atoms with Crippen LogP contribution in [0.15, 0.2) is 36.4 Å². The Labute approximate surface area is 191 Å². The van der Waals surface area contributed by atoms with Crippen molar-refractivity contribution in [2.75, 3.05) is 23.3 Å². The second kappa shape index (κ2) is 9.16. The fourth-order valence-electron chi connectivity index (χ4n) is 3.81. The van der Waals surface area contributed by atoms with Crippen molar-refractivity contribution in [2.45, 2.75) is 38.6 Å². The molecule has 9 heteroatoms. The lowest BCUT2D eigenvalue weighted by Crippen LogP contribution is -2.35. The van der Waals surface area contributed by atoms with Crippen molar-refractivity contribution >= 4 is 40.5 Å². The van der Waals surface area contributed by atoms with Crippen LogP contribution in [0.3, 0.4) is 0 Å². The van der Waals surface area contributed by atoms with E-state index < -0.39 is 10.8 Å². The number of piperidine rings is 1. The summed E-state index contributed by atoms with van der Waals surface area (Å²) in [5.41, 5.74) is 1.60. The molecule has 168 valence electrons. The number of rotatable bonds is 6. The Balaban J connectivity index is 1.58. The van der Waals surface area contributed by atoms with Crippen molar-refractivity contribution in [1.82, 2.24) is 5.32 Å². The number of hydrogen-bond donors (Lipinski definition) is 2. The smallest absolute Gasteiger partial charge is 0.288 e. The predicted octanol–water partition coefficient (Wildman–Crippen LogP) is 4.63. The number of amides is 2. The summed E-state index contributed by atoms with van der Waals surface area (Å²) in [6, 6.07) is 9.39. The van der Waals surface area contributed by atoms with Gasteiger partial charge in [-0.05, 0) is 61.9 Å². The average Bonchev–Trinajstić information content (AvgIpc) is 3.58. The number of hydrogen-bond acceptors (Lipinski definition) is 5. The van der Waals surface area contributed by atoms with E-state index >= 15 is 0 Å². The van der Waals surface area contributed by atoms with E-state index in [2.05, 4.69) is 22.5 Å². The van der Waals surface area contributed by atoms with Gasteiger partial charge in [0.1, 0.15) is 5.02 Å². The number of nitrogens with one attached hydrogen (secondary N) is 2. The molecule has 4 rings (SSSR count). The first-order valence-electron chi connectivity index (χ1n) is 10.8. The lowest BCUT2D eigenvalue weighted by molar-refractivity contribution is -0.384. The third kappa shape index (κ3) is 5.02. The molecule has 32 heavy (non-hydrogen) atoms. The summed E-state index contributed by atoms with van der Waals surface area (Å²) < 4.78 is 0. The van der Waals surface area contributed by atoms with Crippen molar-refractivity contribution in [3.05, 3.63) is 62.7 Å². The van der Waals surface area contributed by atoms with E-state index in [-0.39, 0.29) is 28.2 Å². The molecule has 2 amide bonds. The third-order valence-corrected chi connectivity index (χ3v) is 6.26. The van der Waals surface area contributed by atoms with Gasteiger partial charge in [-0.3, -0.25) is 19.7 Å². The quantitative estimate of drug-likeness (QED) is 0.487. The van der Waals surface area contributed by atoms with Gasteiger partial charge in [0.15, 0.2) is 0 Å². The molecule has 0 radical (unpaired) electrons. The number of anilines is 2. The normalized spacial score (nSPS) is 16.5. The Morgan fingerprint density at radius 1 is 1.06 bits per heavy atom. The van der Waals surface area contributed by atoms with E-state index in [0.29, 0.717) is 17.2 Å². The van der Waals surface area contributed by atoms with Crippen LogP contribution >= 0.6 is 11.6 Å². The van der Waals surface area contributed by atoms with Gasteiger partial charge in [0, 0.05) is 42.1 Å². The molecule has 0 atom stereocenters. The fraction of sp³-hybridized carbons (Fsp3) is 0.391. The largest absolute Gasteiger partial charge is 0.371 e. The van der Waals surface area contributed by atoms with Gasteiger partial charge >= 0.3 is 0 Å². The second-order valence-electron chi connectivity index (χ2n) is 8.53. The Morgan fingerprint density at radius 3 is 2.44 bits per heavy atom. The summed E-state index contributed by atoms with van der Waals surface area (Å²) in [6.45, 7) is 3.99. The van der Waals surface area contributed by atoms with E-state index in [1.807, 2.05) is 6.07 Å². The van der Waals surface area contributed by atoms with Crippen LogP contribution in [0.1, 0.15) is 53.3 Å². The molecule has 1 aliphatic carbocycles. The van der Waals surface area contributed by atoms with Crippen molar-refractivity contribution in [3.8, 4) is 0 Å². The molecule has 0 aromatic heterocycles. The van der Waals surface area contributed by atoms with Gasteiger partial charge in [0.2, 0.25) is 0 Å². The highest BCUT2D eigenvalue weighted by Crippen LogP contribution is 2.30. The van der Waals surface area contributed by atoms with Crippen LogP contribution in [0.2, 0.25) is 5.02 Å². The molecular formula is C23H25ClN4O4. The van der Waals surface area contributed by atoms with Gasteiger partial charge in [0.05, 0.1) is 10.5 Å². The van der Waals surface area contributed by atoms with Crippen LogP contribution in [0.25, 0.3) is 0 Å². The summed E-state index contributed by atoms with van der Waals surface area (Å²) in [5.74, 6) is -0.00537. The number of nitro groups is 1. The number of carbonyl (C=O) groups excluding carboxylic acids is 2. The minimum Gasteiger partial charge on any atom is -0.371 e. The van der Waals surface area contributed by atoms with Crippen LogP contribution in [-0.4, -0.2) is 35.9 Å². The van der Waals surface area contributed by atoms with Crippen LogP contribution in [0.4, 0.5) is 17.1 Å². The Kier molecular flexibility index (Phi) is 6.32. The number of nitro benzene ring substituents is 1. The van der Waals surface area contributed by atoms with Gasteiger partial charge in [0.25, 0.3) is 17.5 Å². The van der Waals surface area contributed by atoms with Crippen LogP contribution in [-0.2, 0) is 0 Å². The number of halogens is 1. The zero-order chi connectivity index (χ0) is 22.8. The molecule has 0 spiro atoms. The highest BCUT2D eigenvalue weighted by Gasteiger charge is 2.27. The third-order valence-electron chi connectivity index (χ3n) is 5.94. The number of nitrogens with zero attached hydrogens (tertiary/aromatic N) is 2. The lowest BCUT2D eigenvalue weighted by Gasteiger charge is -2.33. The first-order chi connectivity index (χ1) is 15.3. The molecule has 2 aliphatic rings. The van der Waals surface area contributed by atoms with E-state index in [1.54, 1.807) is 12.1 Å². The fourth-order valence-corrected chi connectivity index (χ4v) is 4.00. The van der Waals surface area contributed by atoms with Gasteiger partial charge in [-0.25, -0.2) is 0 Å². The van der Waals surface area contributed by atoms with Gasteiger partial charge in [-0.2, -0.15) is 0 Å². The van der Waals surface area contributed by atoms with Crippen LogP contribution in [0, 0.1) is 16.0 Å². The minimum absolute atomic E-state index is 0.0363. The van der Waals surface area contributed by atoms with Gasteiger partial charge in [-0.1, -0.05) is 18.5 Å². The molecular weight excluding hydrogens is 432 g/mol. The zero-order valence-electron chi connectivity index (χ0n) is 17.8. The molecule has 1 saturated carbocycles. The maximum atomic E-state index is 12.9. The van der Waals surface area contributed by atoms with Crippen LogP contribution < -0.4 is 15.5 Å². The average molecular weight is 457 g/mol. The number of carbonyl (C=O) groups is 2.